The van der Waals surface area contributed by atoms with Gasteiger partial charge >= 0.3 is 11.9 Å². The highest BCUT2D eigenvalue weighted by Crippen LogP contribution is 2.43. The van der Waals surface area contributed by atoms with E-state index in [1.165, 1.54) is 22.3 Å². The molecule has 4 aromatic rings. The molecule has 1 heterocycles. The van der Waals surface area contributed by atoms with Crippen LogP contribution in [0.2, 0.25) is 0 Å². The summed E-state index contributed by atoms with van der Waals surface area (Å²) in [7, 11) is 0. The lowest BCUT2D eigenvalue weighted by Crippen LogP contribution is -2.27. The molecule has 1 aliphatic heterocycles. The molecule has 1 saturated heterocycles. The van der Waals surface area contributed by atoms with Crippen molar-refractivity contribution >= 4 is 11.9 Å². The van der Waals surface area contributed by atoms with E-state index in [9.17, 15) is 14.7 Å². The Kier molecular flexibility index (Phi) is 19.7. The van der Waals surface area contributed by atoms with Crippen LogP contribution in [-0.4, -0.2) is 77.8 Å². The monoisotopic (exact) mass is 953 g/mol. The Morgan fingerprint density at radius 1 is 0.623 bits per heavy atom. The average molecular weight is 953 g/mol. The number of aryl methyl sites for hydroxylation is 4. The number of carbonyl (C=O) groups excluding carboxylic acids is 2. The number of hydrogen-bond donors (Lipinski definition) is 2. The summed E-state index contributed by atoms with van der Waals surface area (Å²) in [6.07, 6.45) is 3.39. The Morgan fingerprint density at radius 2 is 1.00 bits per heavy atom. The van der Waals surface area contributed by atoms with Crippen molar-refractivity contribution in [3.05, 3.63) is 128 Å². The molecule has 0 amide bonds. The molecular weight excluding hydrogens is 869 g/mol. The van der Waals surface area contributed by atoms with E-state index >= 15 is 0 Å². The summed E-state index contributed by atoms with van der Waals surface area (Å²) in [5.74, 6) is 0.622. The van der Waals surface area contributed by atoms with E-state index in [-0.39, 0.29) is 54.9 Å². The van der Waals surface area contributed by atoms with Crippen LogP contribution in [0.5, 0.6) is 11.5 Å². The molecule has 0 saturated carbocycles. The van der Waals surface area contributed by atoms with E-state index in [1.54, 1.807) is 0 Å². The minimum absolute atomic E-state index is 0.0572. The Bertz CT molecular complexity index is 2320. The van der Waals surface area contributed by atoms with Crippen LogP contribution < -0.4 is 9.47 Å². The van der Waals surface area contributed by atoms with Crippen LogP contribution in [0.4, 0.5) is 0 Å². The van der Waals surface area contributed by atoms with Gasteiger partial charge in [-0.3, -0.25) is 9.59 Å². The second-order valence-electron chi connectivity index (χ2n) is 21.3. The van der Waals surface area contributed by atoms with Gasteiger partial charge in [-0.25, -0.2) is 0 Å². The van der Waals surface area contributed by atoms with Crippen LogP contribution in [-0.2, 0) is 52.2 Å². The summed E-state index contributed by atoms with van der Waals surface area (Å²) in [6, 6.07) is 25.6. The maximum Gasteiger partial charge on any atom is 0.310 e. The molecule has 0 aromatic heterocycles. The zero-order chi connectivity index (χ0) is 51.5. The molecule has 0 unspecified atom stereocenters. The highest BCUT2D eigenvalue weighted by Gasteiger charge is 2.35. The largest absolute Gasteiger partial charge is 0.491 e. The molecule has 380 valence electrons. The second kappa shape index (κ2) is 23.9. The number of carbonyl (C=O) groups is 2. The normalized spacial score (nSPS) is 15.5. The molecule has 0 aliphatic carbocycles. The third-order valence-electron chi connectivity index (χ3n) is 13.3. The van der Waals surface area contributed by atoms with Crippen molar-refractivity contribution in [1.82, 2.24) is 0 Å². The minimum Gasteiger partial charge on any atom is -0.491 e. The van der Waals surface area contributed by atoms with Gasteiger partial charge in [0.15, 0.2) is 5.79 Å². The lowest BCUT2D eigenvalue weighted by molar-refractivity contribution is -0.155. The van der Waals surface area contributed by atoms with Gasteiger partial charge in [0.25, 0.3) is 0 Å². The summed E-state index contributed by atoms with van der Waals surface area (Å²) in [5, 5.41) is 18.6. The molecule has 10 nitrogen and oxygen atoms in total. The highest BCUT2D eigenvalue weighted by molar-refractivity contribution is 5.74. The Morgan fingerprint density at radius 3 is 1.32 bits per heavy atom. The fraction of sp³-hybridized carbons (Fsp3) is 0.559. The number of aliphatic hydroxyl groups excluding tert-OH is 2. The van der Waals surface area contributed by atoms with Crippen molar-refractivity contribution in [3.8, 4) is 11.5 Å². The van der Waals surface area contributed by atoms with Crippen LogP contribution in [0.3, 0.4) is 0 Å². The topological polar surface area (TPSA) is 130 Å². The van der Waals surface area contributed by atoms with Crippen molar-refractivity contribution in [3.63, 3.8) is 0 Å². The van der Waals surface area contributed by atoms with Gasteiger partial charge in [0.05, 0.1) is 26.1 Å². The second-order valence-corrected chi connectivity index (χ2v) is 21.3. The number of hydrogen-bond acceptors (Lipinski definition) is 10. The quantitative estimate of drug-likeness (QED) is 0.0876. The number of benzene rings is 4. The van der Waals surface area contributed by atoms with E-state index in [0.717, 1.165) is 64.8 Å². The van der Waals surface area contributed by atoms with E-state index < -0.39 is 23.1 Å². The van der Waals surface area contributed by atoms with Gasteiger partial charge in [-0.05, 0) is 177 Å². The first-order valence-corrected chi connectivity index (χ1v) is 25.0. The van der Waals surface area contributed by atoms with Crippen molar-refractivity contribution in [2.45, 2.75) is 189 Å². The van der Waals surface area contributed by atoms with Crippen molar-refractivity contribution < 1.29 is 48.2 Å². The van der Waals surface area contributed by atoms with Gasteiger partial charge in [0.2, 0.25) is 0 Å². The fourth-order valence-corrected chi connectivity index (χ4v) is 9.40. The zero-order valence-electron chi connectivity index (χ0n) is 44.8. The molecular formula is C59H84O10. The summed E-state index contributed by atoms with van der Waals surface area (Å²) >= 11 is 0. The molecule has 2 N–H and O–H groups in total. The van der Waals surface area contributed by atoms with E-state index in [4.69, 9.17) is 33.5 Å². The predicted molar refractivity (Wildman–Crippen MR) is 276 cm³/mol. The van der Waals surface area contributed by atoms with Crippen molar-refractivity contribution in [1.29, 1.82) is 0 Å². The third kappa shape index (κ3) is 15.4. The van der Waals surface area contributed by atoms with Gasteiger partial charge in [-0.15, -0.1) is 0 Å². The lowest BCUT2D eigenvalue weighted by atomic mass is 9.70. The molecule has 10 heteroatoms. The van der Waals surface area contributed by atoms with Gasteiger partial charge in [0.1, 0.15) is 48.1 Å². The molecule has 4 aromatic carbocycles. The minimum atomic E-state index is -0.892. The Hall–Kier alpha value is -4.74. The molecule has 0 spiro atoms. The van der Waals surface area contributed by atoms with Gasteiger partial charge in [0, 0.05) is 10.8 Å². The Balaban J connectivity index is 0.000000302. The Labute approximate surface area is 414 Å². The highest BCUT2D eigenvalue weighted by atomic mass is 16.7. The fourth-order valence-electron chi connectivity index (χ4n) is 9.40. The number of rotatable bonds is 19. The van der Waals surface area contributed by atoms with Gasteiger partial charge in [-0.1, -0.05) is 88.4 Å². The van der Waals surface area contributed by atoms with Crippen LogP contribution in [0.25, 0.3) is 0 Å². The lowest BCUT2D eigenvalue weighted by Gasteiger charge is -2.34. The predicted octanol–water partition coefficient (Wildman–Crippen LogP) is 11.8. The van der Waals surface area contributed by atoms with Crippen LogP contribution in [0.1, 0.15) is 164 Å². The molecule has 1 aliphatic rings. The number of esters is 2. The number of aliphatic hydroxyl groups is 2. The summed E-state index contributed by atoms with van der Waals surface area (Å²) in [5.41, 5.74) is 10.0. The third-order valence-corrected chi connectivity index (χ3v) is 13.3. The zero-order valence-corrected chi connectivity index (χ0v) is 44.8. The average Bonchev–Trinajstić information content (AvgIpc) is 3.62. The smallest absolute Gasteiger partial charge is 0.310 e. The van der Waals surface area contributed by atoms with E-state index in [0.29, 0.717) is 19.0 Å². The molecule has 1 fully saturated rings. The summed E-state index contributed by atoms with van der Waals surface area (Å²) in [6.45, 7) is 33.0. The SMILES string of the molecule is CCC(CC)(c1ccc(CC(=O)OC(C)(C)C)c(C)c1)c1ccc(OC[C@@H](O)CO)c(C)c1.CCC(CC)(c1ccc(CC(=O)OC(C)(C)C)c(C)c1)c1ccc(OC[C@@H]2COC(C)(C)O2)c(C)c1. The summed E-state index contributed by atoms with van der Waals surface area (Å²) < 4.78 is 34.3. The van der Waals surface area contributed by atoms with Crippen molar-refractivity contribution in [2.24, 2.45) is 0 Å². The molecule has 0 bridgehead atoms. The molecule has 5 rings (SSSR count). The first-order valence-electron chi connectivity index (χ1n) is 25.0. The molecule has 69 heavy (non-hydrogen) atoms. The number of ether oxygens (including phenoxy) is 6. The van der Waals surface area contributed by atoms with E-state index in [2.05, 4.69) is 108 Å². The first kappa shape index (κ1) is 56.8. The standard InChI is InChI=1S/C31H44O5.C28H40O5/c1-10-31(11-2,24-13-12-23(21(3)16-24)18-28(32)36-29(5,6)7)25-14-15-27(22(4)17-25)33-19-26-20-34-30(8,9)35-26;1-8-28(9-2,23-12-13-25(20(4)15-23)32-18-24(30)17-29)22-11-10-21(19(3)14-22)16-26(31)33-27(5,6)7/h12-17,26H,10-11,18-20H2,1-9H3;10-15,24,29-30H,8-9,16-18H2,1-7H3/t26-;24-/m10/s1. The van der Waals surface area contributed by atoms with Crippen LogP contribution in [0, 0.1) is 27.7 Å². The van der Waals surface area contributed by atoms with Crippen molar-refractivity contribution in [2.75, 3.05) is 26.4 Å². The maximum absolute atomic E-state index is 12.4. The molecule has 2 atom stereocenters. The maximum atomic E-state index is 12.4. The van der Waals surface area contributed by atoms with Crippen LogP contribution >= 0.6 is 0 Å². The molecule has 0 radical (unpaired) electrons. The first-order chi connectivity index (χ1) is 32.2. The van der Waals surface area contributed by atoms with Gasteiger partial charge in [-0.2, -0.15) is 0 Å². The van der Waals surface area contributed by atoms with Gasteiger partial charge < -0.3 is 38.6 Å². The van der Waals surface area contributed by atoms with E-state index in [1.807, 2.05) is 75.3 Å². The summed E-state index contributed by atoms with van der Waals surface area (Å²) in [4.78, 5) is 24.7. The van der Waals surface area contributed by atoms with Crippen LogP contribution in [0.15, 0.2) is 72.8 Å².